The second-order valence-electron chi connectivity index (χ2n) is 5.31. The lowest BCUT2D eigenvalue weighted by Crippen LogP contribution is -2.52. The largest absolute Gasteiger partial charge is 0.339 e. The molecule has 1 amide bonds. The van der Waals surface area contributed by atoms with Crippen molar-refractivity contribution in [3.05, 3.63) is 0 Å². The van der Waals surface area contributed by atoms with Gasteiger partial charge in [0.1, 0.15) is 5.92 Å². The maximum atomic E-state index is 12.1. The molecule has 0 aliphatic carbocycles. The van der Waals surface area contributed by atoms with Crippen LogP contribution in [0.15, 0.2) is 0 Å². The molecular formula is C13H23N3O. The summed E-state index contributed by atoms with van der Waals surface area (Å²) in [5.74, 6) is -0.387. The molecule has 0 bridgehead atoms. The summed E-state index contributed by atoms with van der Waals surface area (Å²) in [5.41, 5.74) is 0. The summed E-state index contributed by atoms with van der Waals surface area (Å²) >= 11 is 0. The van der Waals surface area contributed by atoms with E-state index in [1.165, 1.54) is 0 Å². The fourth-order valence-electron chi connectivity index (χ4n) is 2.14. The summed E-state index contributed by atoms with van der Waals surface area (Å²) in [5, 5.41) is 9.03. The maximum absolute atomic E-state index is 12.1. The van der Waals surface area contributed by atoms with Gasteiger partial charge in [-0.3, -0.25) is 9.69 Å². The number of amides is 1. The van der Waals surface area contributed by atoms with Gasteiger partial charge in [-0.25, -0.2) is 0 Å². The number of carbonyl (C=O) groups excluding carboxylic acids is 1. The molecule has 4 nitrogen and oxygen atoms in total. The van der Waals surface area contributed by atoms with Crippen LogP contribution >= 0.6 is 0 Å². The van der Waals surface area contributed by atoms with Gasteiger partial charge in [0.2, 0.25) is 5.91 Å². The first-order valence-electron chi connectivity index (χ1n) is 6.39. The summed E-state index contributed by atoms with van der Waals surface area (Å²) < 4.78 is 0. The third-order valence-corrected chi connectivity index (χ3v) is 3.43. The molecule has 0 aromatic carbocycles. The van der Waals surface area contributed by atoms with Gasteiger partial charge < -0.3 is 4.90 Å². The highest BCUT2D eigenvalue weighted by Crippen LogP contribution is 2.15. The normalized spacial score (nSPS) is 19.5. The minimum absolute atomic E-state index is 0.00547. The highest BCUT2D eigenvalue weighted by molar-refractivity contribution is 5.81. The minimum atomic E-state index is -0.486. The molecule has 1 aliphatic heterocycles. The zero-order valence-corrected chi connectivity index (χ0v) is 11.3. The smallest absolute Gasteiger partial charge is 0.240 e. The molecule has 1 atom stereocenters. The SMILES string of the molecule is CC(C)C(C#N)C(=O)N1CCN(C(C)C)CC1. The van der Waals surface area contributed by atoms with Crippen molar-refractivity contribution in [1.29, 1.82) is 5.26 Å². The molecule has 1 heterocycles. The van der Waals surface area contributed by atoms with Crippen molar-refractivity contribution in [2.45, 2.75) is 33.7 Å². The van der Waals surface area contributed by atoms with Crippen LogP contribution in [0, 0.1) is 23.2 Å². The summed E-state index contributed by atoms with van der Waals surface area (Å²) in [7, 11) is 0. The van der Waals surface area contributed by atoms with Crippen molar-refractivity contribution in [3.63, 3.8) is 0 Å². The summed E-state index contributed by atoms with van der Waals surface area (Å²) in [6.45, 7) is 11.5. The summed E-state index contributed by atoms with van der Waals surface area (Å²) in [6.07, 6.45) is 0. The van der Waals surface area contributed by atoms with Gasteiger partial charge in [-0.2, -0.15) is 5.26 Å². The van der Waals surface area contributed by atoms with Gasteiger partial charge >= 0.3 is 0 Å². The summed E-state index contributed by atoms with van der Waals surface area (Å²) in [6, 6.07) is 2.66. The predicted molar refractivity (Wildman–Crippen MR) is 67.2 cm³/mol. The Hall–Kier alpha value is -1.08. The standard InChI is InChI=1S/C13H23N3O/c1-10(2)12(9-14)13(17)16-7-5-15(6-8-16)11(3)4/h10-12H,5-8H2,1-4H3. The first kappa shape index (κ1) is 14.0. The van der Waals surface area contributed by atoms with Crippen LogP contribution in [0.3, 0.4) is 0 Å². The van der Waals surface area contributed by atoms with Crippen LogP contribution in [-0.2, 0) is 4.79 Å². The summed E-state index contributed by atoms with van der Waals surface area (Å²) in [4.78, 5) is 16.3. The van der Waals surface area contributed by atoms with E-state index < -0.39 is 5.92 Å². The molecule has 1 aliphatic rings. The molecule has 0 radical (unpaired) electrons. The van der Waals surface area contributed by atoms with Gasteiger partial charge in [-0.05, 0) is 19.8 Å². The van der Waals surface area contributed by atoms with E-state index in [1.54, 1.807) is 0 Å². The van der Waals surface area contributed by atoms with Crippen molar-refractivity contribution < 1.29 is 4.79 Å². The van der Waals surface area contributed by atoms with Crippen molar-refractivity contribution in [1.82, 2.24) is 9.80 Å². The number of piperazine rings is 1. The molecule has 17 heavy (non-hydrogen) atoms. The van der Waals surface area contributed by atoms with Gasteiger partial charge in [0.15, 0.2) is 0 Å². The lowest BCUT2D eigenvalue weighted by molar-refractivity contribution is -0.136. The van der Waals surface area contributed by atoms with E-state index in [0.29, 0.717) is 6.04 Å². The fourth-order valence-corrected chi connectivity index (χ4v) is 2.14. The van der Waals surface area contributed by atoms with E-state index in [0.717, 1.165) is 26.2 Å². The van der Waals surface area contributed by atoms with E-state index >= 15 is 0 Å². The first-order chi connectivity index (χ1) is 7.97. The van der Waals surface area contributed by atoms with Crippen LogP contribution in [0.5, 0.6) is 0 Å². The predicted octanol–water partition coefficient (Wildman–Crippen LogP) is 1.33. The van der Waals surface area contributed by atoms with Crippen molar-refractivity contribution in [3.8, 4) is 6.07 Å². The number of hydrogen-bond acceptors (Lipinski definition) is 3. The quantitative estimate of drug-likeness (QED) is 0.744. The Kier molecular flexibility index (Phi) is 4.95. The number of hydrogen-bond donors (Lipinski definition) is 0. The van der Waals surface area contributed by atoms with Crippen LogP contribution in [0.1, 0.15) is 27.7 Å². The average Bonchev–Trinajstić information content (AvgIpc) is 2.29. The number of nitriles is 1. The second kappa shape index (κ2) is 6.02. The van der Waals surface area contributed by atoms with E-state index in [2.05, 4.69) is 24.8 Å². The zero-order valence-electron chi connectivity index (χ0n) is 11.3. The van der Waals surface area contributed by atoms with Gasteiger partial charge in [0.25, 0.3) is 0 Å². The van der Waals surface area contributed by atoms with Crippen molar-refractivity contribution >= 4 is 5.91 Å². The highest BCUT2D eigenvalue weighted by atomic mass is 16.2. The lowest BCUT2D eigenvalue weighted by Gasteiger charge is -2.37. The molecule has 96 valence electrons. The molecule has 1 fully saturated rings. The molecule has 0 saturated carbocycles. The molecule has 0 N–H and O–H groups in total. The Morgan fingerprint density at radius 2 is 1.65 bits per heavy atom. The van der Waals surface area contributed by atoms with E-state index in [4.69, 9.17) is 5.26 Å². The monoisotopic (exact) mass is 237 g/mol. The van der Waals surface area contributed by atoms with Crippen LogP contribution < -0.4 is 0 Å². The lowest BCUT2D eigenvalue weighted by atomic mass is 9.95. The third-order valence-electron chi connectivity index (χ3n) is 3.43. The molecule has 1 saturated heterocycles. The van der Waals surface area contributed by atoms with Crippen LogP contribution in [-0.4, -0.2) is 47.9 Å². The Labute approximate surface area is 104 Å². The van der Waals surface area contributed by atoms with E-state index in [-0.39, 0.29) is 11.8 Å². The average molecular weight is 237 g/mol. The molecule has 1 rings (SSSR count). The second-order valence-corrected chi connectivity index (χ2v) is 5.31. The van der Waals surface area contributed by atoms with Crippen LogP contribution in [0.25, 0.3) is 0 Å². The molecule has 0 aromatic heterocycles. The Bertz CT molecular complexity index is 298. The minimum Gasteiger partial charge on any atom is -0.339 e. The van der Waals surface area contributed by atoms with Crippen molar-refractivity contribution in [2.24, 2.45) is 11.8 Å². The molecular weight excluding hydrogens is 214 g/mol. The topological polar surface area (TPSA) is 47.3 Å². The Morgan fingerprint density at radius 1 is 1.12 bits per heavy atom. The Balaban J connectivity index is 2.54. The molecule has 0 spiro atoms. The van der Waals surface area contributed by atoms with Crippen LogP contribution in [0.2, 0.25) is 0 Å². The maximum Gasteiger partial charge on any atom is 0.240 e. The Morgan fingerprint density at radius 3 is 2.00 bits per heavy atom. The van der Waals surface area contributed by atoms with Gasteiger partial charge in [-0.15, -0.1) is 0 Å². The molecule has 4 heteroatoms. The van der Waals surface area contributed by atoms with E-state index in [1.807, 2.05) is 18.7 Å². The number of carbonyl (C=O) groups is 1. The van der Waals surface area contributed by atoms with E-state index in [9.17, 15) is 4.79 Å². The number of rotatable bonds is 3. The van der Waals surface area contributed by atoms with Gasteiger partial charge in [0, 0.05) is 32.2 Å². The highest BCUT2D eigenvalue weighted by Gasteiger charge is 2.29. The molecule has 0 aromatic rings. The van der Waals surface area contributed by atoms with Gasteiger partial charge in [-0.1, -0.05) is 13.8 Å². The third kappa shape index (κ3) is 3.44. The van der Waals surface area contributed by atoms with Crippen LogP contribution in [0.4, 0.5) is 0 Å². The fraction of sp³-hybridized carbons (Fsp3) is 0.846. The zero-order chi connectivity index (χ0) is 13.0. The van der Waals surface area contributed by atoms with Crippen molar-refractivity contribution in [2.75, 3.05) is 26.2 Å². The first-order valence-corrected chi connectivity index (χ1v) is 6.39. The number of nitrogens with zero attached hydrogens (tertiary/aromatic N) is 3. The molecule has 1 unspecified atom stereocenters. The van der Waals surface area contributed by atoms with Gasteiger partial charge in [0.05, 0.1) is 6.07 Å².